The summed E-state index contributed by atoms with van der Waals surface area (Å²) in [4.78, 5) is 19.2. The van der Waals surface area contributed by atoms with E-state index in [9.17, 15) is 4.79 Å². The van der Waals surface area contributed by atoms with Gasteiger partial charge in [0.2, 0.25) is 0 Å². The van der Waals surface area contributed by atoms with Crippen LogP contribution >= 0.6 is 0 Å². The summed E-state index contributed by atoms with van der Waals surface area (Å²) in [5.41, 5.74) is 1.04. The fourth-order valence-electron chi connectivity index (χ4n) is 3.64. The summed E-state index contributed by atoms with van der Waals surface area (Å²) in [5.74, 6) is 1.93. The Balaban J connectivity index is 1.82. The van der Waals surface area contributed by atoms with E-state index < -0.39 is 0 Å². The number of nitrogens with zero attached hydrogens (tertiary/aromatic N) is 3. The first-order valence-corrected chi connectivity index (χ1v) is 8.62. The molecule has 1 aromatic carbocycles. The van der Waals surface area contributed by atoms with Crippen LogP contribution in [-0.2, 0) is 7.05 Å². The summed E-state index contributed by atoms with van der Waals surface area (Å²) in [6.45, 7) is 6.06. The van der Waals surface area contributed by atoms with Crippen LogP contribution in [0, 0.1) is 11.8 Å². The number of rotatable bonds is 3. The molecule has 0 bridgehead atoms. The number of aromatic nitrogens is 2. The van der Waals surface area contributed by atoms with Crippen molar-refractivity contribution in [2.75, 3.05) is 13.1 Å². The molecule has 0 saturated carbocycles. The zero-order chi connectivity index (χ0) is 17.1. The van der Waals surface area contributed by atoms with Crippen molar-refractivity contribution in [3.63, 3.8) is 0 Å². The minimum atomic E-state index is -0.244. The summed E-state index contributed by atoms with van der Waals surface area (Å²) >= 11 is 0. The van der Waals surface area contributed by atoms with Gasteiger partial charge in [-0.05, 0) is 23.8 Å². The van der Waals surface area contributed by atoms with Gasteiger partial charge in [0.1, 0.15) is 11.9 Å². The molecule has 3 rings (SSSR count). The highest BCUT2D eigenvalue weighted by molar-refractivity contribution is 5.75. The molecule has 24 heavy (non-hydrogen) atoms. The van der Waals surface area contributed by atoms with Crippen LogP contribution < -0.4 is 5.32 Å². The number of imidazole rings is 1. The summed E-state index contributed by atoms with van der Waals surface area (Å²) < 4.78 is 1.96. The molecule has 1 aliphatic rings. The first-order valence-electron chi connectivity index (χ1n) is 8.62. The van der Waals surface area contributed by atoms with Gasteiger partial charge in [-0.2, -0.15) is 0 Å². The Hall–Kier alpha value is -2.30. The molecule has 2 aromatic rings. The van der Waals surface area contributed by atoms with Gasteiger partial charge in [-0.1, -0.05) is 44.2 Å². The predicted octanol–water partition coefficient (Wildman–Crippen LogP) is 3.20. The highest BCUT2D eigenvalue weighted by Crippen LogP contribution is 2.24. The van der Waals surface area contributed by atoms with Crippen LogP contribution in [0.4, 0.5) is 4.79 Å². The number of likely N-dealkylation sites (tertiary alicyclic amines) is 1. The van der Waals surface area contributed by atoms with E-state index in [1.807, 2.05) is 53.0 Å². The molecular formula is C19H26N4O. The number of carbonyl (C=O) groups excluding carboxylic acids is 1. The maximum absolute atomic E-state index is 12.9. The SMILES string of the molecule is CC1CC(C)CN(C(=O)NC(c2ccccc2)c2nccn2C)C1. The molecule has 3 atom stereocenters. The van der Waals surface area contributed by atoms with Crippen molar-refractivity contribution in [3.05, 3.63) is 54.1 Å². The molecule has 2 heterocycles. The van der Waals surface area contributed by atoms with Crippen molar-refractivity contribution < 1.29 is 4.79 Å². The lowest BCUT2D eigenvalue weighted by molar-refractivity contribution is 0.144. The van der Waals surface area contributed by atoms with Crippen molar-refractivity contribution >= 4 is 6.03 Å². The summed E-state index contributed by atoms with van der Waals surface area (Å²) in [5, 5.41) is 3.19. The lowest BCUT2D eigenvalue weighted by atomic mass is 9.92. The van der Waals surface area contributed by atoms with E-state index in [1.54, 1.807) is 6.20 Å². The highest BCUT2D eigenvalue weighted by Gasteiger charge is 2.28. The third kappa shape index (κ3) is 3.61. The second-order valence-corrected chi connectivity index (χ2v) is 7.04. The van der Waals surface area contributed by atoms with Crippen LogP contribution in [0.15, 0.2) is 42.7 Å². The van der Waals surface area contributed by atoms with Gasteiger partial charge < -0.3 is 14.8 Å². The lowest BCUT2D eigenvalue weighted by Gasteiger charge is -2.36. The predicted molar refractivity (Wildman–Crippen MR) is 94.5 cm³/mol. The van der Waals surface area contributed by atoms with Gasteiger partial charge >= 0.3 is 6.03 Å². The molecule has 1 saturated heterocycles. The molecular weight excluding hydrogens is 300 g/mol. The highest BCUT2D eigenvalue weighted by atomic mass is 16.2. The summed E-state index contributed by atoms with van der Waals surface area (Å²) in [6, 6.07) is 9.76. The van der Waals surface area contributed by atoms with E-state index in [-0.39, 0.29) is 12.1 Å². The minimum Gasteiger partial charge on any atom is -0.336 e. The first-order chi connectivity index (χ1) is 11.5. The second-order valence-electron chi connectivity index (χ2n) is 7.04. The average Bonchev–Trinajstić information content (AvgIpc) is 2.98. The molecule has 3 unspecified atom stereocenters. The van der Waals surface area contributed by atoms with Crippen LogP contribution in [-0.4, -0.2) is 33.6 Å². The van der Waals surface area contributed by atoms with E-state index in [2.05, 4.69) is 24.1 Å². The Morgan fingerprint density at radius 2 is 1.88 bits per heavy atom. The Bertz CT molecular complexity index is 672. The van der Waals surface area contributed by atoms with Crippen molar-refractivity contribution in [1.82, 2.24) is 19.8 Å². The van der Waals surface area contributed by atoms with E-state index in [4.69, 9.17) is 0 Å². The van der Waals surface area contributed by atoms with Gasteiger partial charge in [-0.15, -0.1) is 0 Å². The molecule has 0 spiro atoms. The van der Waals surface area contributed by atoms with Crippen molar-refractivity contribution in [2.45, 2.75) is 26.3 Å². The zero-order valence-electron chi connectivity index (χ0n) is 14.6. The quantitative estimate of drug-likeness (QED) is 0.941. The van der Waals surface area contributed by atoms with Crippen LogP contribution in [0.5, 0.6) is 0 Å². The second kappa shape index (κ2) is 7.07. The number of hydrogen-bond acceptors (Lipinski definition) is 2. The van der Waals surface area contributed by atoms with Gasteiger partial charge in [0.15, 0.2) is 0 Å². The molecule has 5 heteroatoms. The van der Waals surface area contributed by atoms with E-state index in [1.165, 1.54) is 6.42 Å². The summed E-state index contributed by atoms with van der Waals surface area (Å²) in [6.07, 6.45) is 4.86. The number of nitrogens with one attached hydrogen (secondary N) is 1. The Morgan fingerprint density at radius 1 is 1.21 bits per heavy atom. The van der Waals surface area contributed by atoms with Crippen molar-refractivity contribution in [2.24, 2.45) is 18.9 Å². The molecule has 0 radical (unpaired) electrons. The van der Waals surface area contributed by atoms with Crippen LogP contribution in [0.3, 0.4) is 0 Å². The van der Waals surface area contributed by atoms with Crippen molar-refractivity contribution in [3.8, 4) is 0 Å². The normalized spacial score (nSPS) is 22.2. The molecule has 1 aromatic heterocycles. The Morgan fingerprint density at radius 3 is 2.46 bits per heavy atom. The third-order valence-corrected chi connectivity index (χ3v) is 4.67. The number of amides is 2. The number of urea groups is 1. The lowest BCUT2D eigenvalue weighted by Crippen LogP contribution is -2.48. The fourth-order valence-corrected chi connectivity index (χ4v) is 3.64. The Labute approximate surface area is 143 Å². The van der Waals surface area contributed by atoms with Gasteiger partial charge in [-0.3, -0.25) is 0 Å². The van der Waals surface area contributed by atoms with Gasteiger partial charge in [0.05, 0.1) is 0 Å². The van der Waals surface area contributed by atoms with Gasteiger partial charge in [0, 0.05) is 32.5 Å². The topological polar surface area (TPSA) is 50.2 Å². The summed E-state index contributed by atoms with van der Waals surface area (Å²) in [7, 11) is 1.95. The van der Waals surface area contributed by atoms with E-state index in [0.29, 0.717) is 11.8 Å². The van der Waals surface area contributed by atoms with Crippen LogP contribution in [0.2, 0.25) is 0 Å². The molecule has 1 fully saturated rings. The fraction of sp³-hybridized carbons (Fsp3) is 0.474. The van der Waals surface area contributed by atoms with Crippen LogP contribution in [0.25, 0.3) is 0 Å². The zero-order valence-corrected chi connectivity index (χ0v) is 14.6. The third-order valence-electron chi connectivity index (χ3n) is 4.67. The van der Waals surface area contributed by atoms with Gasteiger partial charge in [-0.25, -0.2) is 9.78 Å². The number of hydrogen-bond donors (Lipinski definition) is 1. The average molecular weight is 326 g/mol. The van der Waals surface area contributed by atoms with E-state index in [0.717, 1.165) is 24.5 Å². The standard InChI is InChI=1S/C19H26N4O/c1-14-11-15(2)13-23(12-14)19(24)21-17(16-7-5-4-6-8-16)18-20-9-10-22(18)3/h4-10,14-15,17H,11-13H2,1-3H3,(H,21,24). The molecule has 128 valence electrons. The van der Waals surface area contributed by atoms with Crippen molar-refractivity contribution in [1.29, 1.82) is 0 Å². The smallest absolute Gasteiger partial charge is 0.318 e. The van der Waals surface area contributed by atoms with Gasteiger partial charge in [0.25, 0.3) is 0 Å². The largest absolute Gasteiger partial charge is 0.336 e. The molecule has 1 N–H and O–H groups in total. The maximum atomic E-state index is 12.9. The number of aryl methyl sites for hydroxylation is 1. The Kier molecular flexibility index (Phi) is 4.88. The first kappa shape index (κ1) is 16.6. The molecule has 5 nitrogen and oxygen atoms in total. The maximum Gasteiger partial charge on any atom is 0.318 e. The van der Waals surface area contributed by atoms with E-state index >= 15 is 0 Å². The number of carbonyl (C=O) groups is 1. The molecule has 1 aliphatic heterocycles. The number of piperidine rings is 1. The minimum absolute atomic E-state index is 0.00902. The monoisotopic (exact) mass is 326 g/mol. The number of benzene rings is 1. The molecule has 2 amide bonds. The van der Waals surface area contributed by atoms with Crippen LogP contribution in [0.1, 0.15) is 37.7 Å². The molecule has 0 aliphatic carbocycles.